The number of carbonyl (C=O) groups excluding carboxylic acids is 1. The molecule has 7 nitrogen and oxygen atoms in total. The van der Waals surface area contributed by atoms with Crippen molar-refractivity contribution in [3.63, 3.8) is 0 Å². The molecule has 0 aliphatic heterocycles. The van der Waals surface area contributed by atoms with Crippen molar-refractivity contribution >= 4 is 6.03 Å². The van der Waals surface area contributed by atoms with E-state index >= 15 is 0 Å². The number of urea groups is 1. The summed E-state index contributed by atoms with van der Waals surface area (Å²) < 4.78 is 1.79. The Balaban J connectivity index is 2.46. The molecule has 2 amide bonds. The average molecular weight is 282 g/mol. The number of nitrogens with one attached hydrogen (secondary N) is 2. The molecule has 0 bridgehead atoms. The van der Waals surface area contributed by atoms with Crippen molar-refractivity contribution in [3.05, 3.63) is 12.2 Å². The van der Waals surface area contributed by atoms with E-state index in [1.165, 1.54) is 0 Å². The third-order valence-corrected chi connectivity index (χ3v) is 3.39. The van der Waals surface area contributed by atoms with Crippen LogP contribution in [0.3, 0.4) is 0 Å². The van der Waals surface area contributed by atoms with Gasteiger partial charge in [0.1, 0.15) is 6.33 Å². The van der Waals surface area contributed by atoms with Crippen LogP contribution in [0.2, 0.25) is 0 Å². The first-order valence-electron chi connectivity index (χ1n) is 6.87. The molecule has 1 aromatic heterocycles. The Morgan fingerprint density at radius 3 is 2.50 bits per heavy atom. The van der Waals surface area contributed by atoms with Crippen LogP contribution in [0.15, 0.2) is 6.33 Å². The fourth-order valence-electron chi connectivity index (χ4n) is 2.21. The molecule has 2 atom stereocenters. The average Bonchev–Trinajstić information content (AvgIpc) is 2.74. The van der Waals surface area contributed by atoms with Crippen LogP contribution in [0.1, 0.15) is 32.6 Å². The zero-order chi connectivity index (χ0) is 15.3. The van der Waals surface area contributed by atoms with Gasteiger partial charge in [-0.15, -0.1) is 10.2 Å². The topological polar surface area (TPSA) is 75.1 Å². The van der Waals surface area contributed by atoms with Crippen molar-refractivity contribution in [2.75, 3.05) is 20.6 Å². The highest BCUT2D eigenvalue weighted by molar-refractivity contribution is 5.74. The van der Waals surface area contributed by atoms with Crippen molar-refractivity contribution in [3.8, 4) is 0 Å². The fraction of sp³-hybridized carbons (Fsp3) is 0.769. The van der Waals surface area contributed by atoms with Gasteiger partial charge < -0.3 is 20.1 Å². The van der Waals surface area contributed by atoms with Gasteiger partial charge in [0.2, 0.25) is 0 Å². The third-order valence-electron chi connectivity index (χ3n) is 3.39. The molecule has 20 heavy (non-hydrogen) atoms. The highest BCUT2D eigenvalue weighted by atomic mass is 16.2. The second-order valence-corrected chi connectivity index (χ2v) is 5.65. The second kappa shape index (κ2) is 7.23. The summed E-state index contributed by atoms with van der Waals surface area (Å²) in [5.74, 6) is 1.20. The highest BCUT2D eigenvalue weighted by Crippen LogP contribution is 2.08. The summed E-state index contributed by atoms with van der Waals surface area (Å²) in [6.45, 7) is 6.79. The molecular formula is C13H26N6O. The van der Waals surface area contributed by atoms with E-state index in [-0.39, 0.29) is 12.1 Å². The number of nitrogens with zero attached hydrogens (tertiary/aromatic N) is 4. The molecule has 0 spiro atoms. The Hall–Kier alpha value is -1.63. The van der Waals surface area contributed by atoms with Crippen LogP contribution in [0.5, 0.6) is 0 Å². The van der Waals surface area contributed by atoms with Crippen LogP contribution in [0, 0.1) is 5.92 Å². The number of hydrogen-bond donors (Lipinski definition) is 2. The van der Waals surface area contributed by atoms with Gasteiger partial charge in [-0.3, -0.25) is 0 Å². The van der Waals surface area contributed by atoms with Crippen LogP contribution in [-0.4, -0.2) is 52.4 Å². The maximum Gasteiger partial charge on any atom is 0.315 e. The second-order valence-electron chi connectivity index (χ2n) is 5.65. The molecule has 1 heterocycles. The van der Waals surface area contributed by atoms with E-state index < -0.39 is 0 Å². The predicted octanol–water partition coefficient (Wildman–Crippen LogP) is 0.762. The van der Waals surface area contributed by atoms with Crippen LogP contribution in [0.4, 0.5) is 4.79 Å². The van der Waals surface area contributed by atoms with Crippen molar-refractivity contribution in [2.45, 2.75) is 32.9 Å². The predicted molar refractivity (Wildman–Crippen MR) is 78.3 cm³/mol. The lowest BCUT2D eigenvalue weighted by molar-refractivity contribution is 0.211. The van der Waals surface area contributed by atoms with Crippen molar-refractivity contribution in [2.24, 2.45) is 13.0 Å². The number of aryl methyl sites for hydroxylation is 1. The lowest BCUT2D eigenvalue weighted by Crippen LogP contribution is -2.46. The molecular weight excluding hydrogens is 256 g/mol. The van der Waals surface area contributed by atoms with E-state index in [0.29, 0.717) is 18.5 Å². The van der Waals surface area contributed by atoms with Crippen molar-refractivity contribution in [1.82, 2.24) is 30.3 Å². The summed E-state index contributed by atoms with van der Waals surface area (Å²) in [6, 6.07) is -0.0572. The van der Waals surface area contributed by atoms with Gasteiger partial charge in [-0.25, -0.2) is 4.79 Å². The van der Waals surface area contributed by atoms with Gasteiger partial charge in [0.15, 0.2) is 5.82 Å². The van der Waals surface area contributed by atoms with E-state index in [0.717, 1.165) is 5.82 Å². The minimum Gasteiger partial charge on any atom is -0.337 e. The maximum absolute atomic E-state index is 11.9. The smallest absolute Gasteiger partial charge is 0.315 e. The summed E-state index contributed by atoms with van der Waals surface area (Å²) in [5, 5.41) is 13.6. The number of likely N-dealkylation sites (N-methyl/N-ethyl adjacent to an activating group) is 1. The van der Waals surface area contributed by atoms with Crippen LogP contribution in [0.25, 0.3) is 0 Å². The number of rotatable bonds is 6. The van der Waals surface area contributed by atoms with Gasteiger partial charge in [0.25, 0.3) is 0 Å². The Labute approximate surface area is 120 Å². The van der Waals surface area contributed by atoms with Crippen molar-refractivity contribution < 1.29 is 4.79 Å². The molecule has 0 fully saturated rings. The van der Waals surface area contributed by atoms with Crippen molar-refractivity contribution in [1.29, 1.82) is 0 Å². The number of carbonyl (C=O) groups is 1. The van der Waals surface area contributed by atoms with Gasteiger partial charge in [-0.2, -0.15) is 0 Å². The maximum atomic E-state index is 11.9. The Morgan fingerprint density at radius 1 is 1.40 bits per heavy atom. The zero-order valence-electron chi connectivity index (χ0n) is 13.2. The van der Waals surface area contributed by atoms with Gasteiger partial charge in [-0.1, -0.05) is 13.8 Å². The molecule has 1 rings (SSSR count). The number of aromatic nitrogens is 3. The molecule has 1 aromatic rings. The summed E-state index contributed by atoms with van der Waals surface area (Å²) in [6.07, 6.45) is 1.62. The summed E-state index contributed by atoms with van der Waals surface area (Å²) in [5.41, 5.74) is 0. The standard InChI is InChI=1S/C13H26N6O/c1-9(2)11(18(4)5)7-14-13(20)16-10(3)12-17-15-8-19(12)6/h8-11H,7H2,1-6H3,(H2,14,16,20)/t10-,11-/m0/s1. The fourth-order valence-corrected chi connectivity index (χ4v) is 2.21. The van der Waals surface area contributed by atoms with E-state index in [1.54, 1.807) is 10.9 Å². The summed E-state index contributed by atoms with van der Waals surface area (Å²) in [7, 11) is 5.89. The quantitative estimate of drug-likeness (QED) is 0.808. The first kappa shape index (κ1) is 16.4. The van der Waals surface area contributed by atoms with E-state index in [9.17, 15) is 4.79 Å². The molecule has 7 heteroatoms. The Kier molecular flexibility index (Phi) is 5.94. The lowest BCUT2D eigenvalue weighted by Gasteiger charge is -2.28. The normalized spacial score (nSPS) is 14.4. The Morgan fingerprint density at radius 2 is 2.05 bits per heavy atom. The SMILES string of the molecule is CC(C)[C@H](CNC(=O)N[C@@H](C)c1nncn1C)N(C)C. The van der Waals surface area contributed by atoms with Crippen LogP contribution < -0.4 is 10.6 Å². The zero-order valence-corrected chi connectivity index (χ0v) is 13.2. The van der Waals surface area contributed by atoms with Crippen LogP contribution in [-0.2, 0) is 7.05 Å². The monoisotopic (exact) mass is 282 g/mol. The van der Waals surface area contributed by atoms with E-state index in [4.69, 9.17) is 0 Å². The van der Waals surface area contributed by atoms with Crippen LogP contribution >= 0.6 is 0 Å². The summed E-state index contributed by atoms with van der Waals surface area (Å²) >= 11 is 0. The molecule has 0 aliphatic carbocycles. The van der Waals surface area contributed by atoms with E-state index in [1.807, 2.05) is 28.1 Å². The summed E-state index contributed by atoms with van der Waals surface area (Å²) in [4.78, 5) is 14.0. The van der Waals surface area contributed by atoms with Gasteiger partial charge >= 0.3 is 6.03 Å². The minimum atomic E-state index is -0.187. The lowest BCUT2D eigenvalue weighted by atomic mass is 10.0. The number of hydrogen-bond acceptors (Lipinski definition) is 4. The molecule has 0 saturated carbocycles. The first-order chi connectivity index (χ1) is 9.32. The number of amides is 2. The Bertz CT molecular complexity index is 420. The third kappa shape index (κ3) is 4.48. The molecule has 0 aliphatic rings. The molecule has 2 N–H and O–H groups in total. The molecule has 0 unspecified atom stereocenters. The minimum absolute atomic E-state index is 0.181. The molecule has 114 valence electrons. The largest absolute Gasteiger partial charge is 0.337 e. The molecule has 0 saturated heterocycles. The van der Waals surface area contributed by atoms with Gasteiger partial charge in [0, 0.05) is 19.6 Å². The highest BCUT2D eigenvalue weighted by Gasteiger charge is 2.18. The van der Waals surface area contributed by atoms with Gasteiger partial charge in [0.05, 0.1) is 6.04 Å². The molecule has 0 aromatic carbocycles. The van der Waals surface area contributed by atoms with Gasteiger partial charge in [-0.05, 0) is 26.9 Å². The first-order valence-corrected chi connectivity index (χ1v) is 6.87. The van der Waals surface area contributed by atoms with E-state index in [2.05, 4.69) is 39.6 Å². The molecule has 0 radical (unpaired) electrons.